The van der Waals surface area contributed by atoms with Crippen molar-refractivity contribution in [3.8, 4) is 6.07 Å². The molecule has 1 aromatic rings. The molecule has 0 aromatic heterocycles. The van der Waals surface area contributed by atoms with Crippen LogP contribution in [0.5, 0.6) is 0 Å². The molecule has 1 aromatic carbocycles. The summed E-state index contributed by atoms with van der Waals surface area (Å²) in [5.74, 6) is -0.691. The van der Waals surface area contributed by atoms with Crippen LogP contribution in [0.3, 0.4) is 0 Å². The summed E-state index contributed by atoms with van der Waals surface area (Å²) in [4.78, 5) is 0. The van der Waals surface area contributed by atoms with Gasteiger partial charge in [-0.25, -0.2) is 8.60 Å². The molecule has 0 aliphatic heterocycles. The Morgan fingerprint density at radius 3 is 2.79 bits per heavy atom. The Hall–Kier alpha value is -0.720. The number of hydrogen-bond acceptors (Lipinski definition) is 2. The van der Waals surface area contributed by atoms with Crippen molar-refractivity contribution < 1.29 is 13.2 Å². The summed E-state index contributed by atoms with van der Waals surface area (Å²) in [7, 11) is 0. The second-order valence-corrected chi connectivity index (χ2v) is 4.11. The molecule has 2 N–H and O–H groups in total. The van der Waals surface area contributed by atoms with E-state index in [1.54, 1.807) is 28.7 Å². The second kappa shape index (κ2) is 4.68. The summed E-state index contributed by atoms with van der Waals surface area (Å²) in [6.07, 6.45) is 0. The monoisotopic (exact) mass is 326 g/mol. The summed E-state index contributed by atoms with van der Waals surface area (Å²) in [5.41, 5.74) is -0.259. The van der Waals surface area contributed by atoms with E-state index in [-0.39, 0.29) is 14.8 Å². The first kappa shape index (κ1) is 11.4. The van der Waals surface area contributed by atoms with Crippen LogP contribution in [-0.2, 0) is 11.3 Å². The van der Waals surface area contributed by atoms with E-state index >= 15 is 0 Å². The smallest absolute Gasteiger partial charge is 0.259 e. The molecule has 74 valence electrons. The molecule has 0 fully saturated rings. The molecule has 0 amide bonds. The molecular weight excluding hydrogens is 322 g/mol. The SMILES string of the molecule is N#Cc1c(NS(=O)O)ccc(I)c1F. The molecule has 1 rings (SSSR count). The topological polar surface area (TPSA) is 73.1 Å². The van der Waals surface area contributed by atoms with Gasteiger partial charge in [0.05, 0.1) is 9.26 Å². The summed E-state index contributed by atoms with van der Waals surface area (Å²) in [6, 6.07) is 4.40. The lowest BCUT2D eigenvalue weighted by Crippen LogP contribution is -2.05. The lowest BCUT2D eigenvalue weighted by Gasteiger charge is -2.05. The van der Waals surface area contributed by atoms with Gasteiger partial charge >= 0.3 is 0 Å². The molecule has 7 heteroatoms. The Balaban J connectivity index is 3.26. The van der Waals surface area contributed by atoms with Crippen molar-refractivity contribution >= 4 is 39.5 Å². The van der Waals surface area contributed by atoms with Gasteiger partial charge in [-0.3, -0.25) is 9.27 Å². The van der Waals surface area contributed by atoms with E-state index in [4.69, 9.17) is 9.81 Å². The highest BCUT2D eigenvalue weighted by Gasteiger charge is 2.12. The van der Waals surface area contributed by atoms with Gasteiger partial charge in [-0.2, -0.15) is 5.26 Å². The maximum absolute atomic E-state index is 13.3. The summed E-state index contributed by atoms with van der Waals surface area (Å²) in [6.45, 7) is 0. The van der Waals surface area contributed by atoms with Crippen molar-refractivity contribution in [3.63, 3.8) is 0 Å². The Morgan fingerprint density at radius 1 is 1.64 bits per heavy atom. The van der Waals surface area contributed by atoms with E-state index in [9.17, 15) is 8.60 Å². The van der Waals surface area contributed by atoms with E-state index in [1.165, 1.54) is 12.1 Å². The Kier molecular flexibility index (Phi) is 3.79. The van der Waals surface area contributed by atoms with Crippen LogP contribution in [0.15, 0.2) is 12.1 Å². The van der Waals surface area contributed by atoms with E-state index in [0.717, 1.165) is 0 Å². The molecule has 0 saturated carbocycles. The molecule has 0 bridgehead atoms. The van der Waals surface area contributed by atoms with Crippen LogP contribution >= 0.6 is 22.6 Å². The van der Waals surface area contributed by atoms with Gasteiger partial charge in [0.25, 0.3) is 11.3 Å². The third-order valence-corrected chi connectivity index (χ3v) is 2.63. The highest BCUT2D eigenvalue weighted by atomic mass is 127. The minimum absolute atomic E-state index is 0.00579. The number of anilines is 1. The van der Waals surface area contributed by atoms with Crippen molar-refractivity contribution in [1.82, 2.24) is 0 Å². The van der Waals surface area contributed by atoms with Gasteiger partial charge in [0.2, 0.25) is 0 Å². The van der Waals surface area contributed by atoms with Gasteiger partial charge in [-0.1, -0.05) is 0 Å². The number of nitrogens with zero attached hydrogens (tertiary/aromatic N) is 1. The van der Waals surface area contributed by atoms with E-state index in [2.05, 4.69) is 4.72 Å². The standard InChI is InChI=1S/C7H4FIN2O2S/c8-7-4(3-10)6(11-14(12)13)2-1-5(7)9/h1-2,11H,(H,12,13). The molecule has 1 unspecified atom stereocenters. The van der Waals surface area contributed by atoms with Crippen LogP contribution in [0.4, 0.5) is 10.1 Å². The first-order chi connectivity index (χ1) is 6.56. The molecule has 0 aliphatic rings. The van der Waals surface area contributed by atoms with Crippen molar-refractivity contribution in [2.24, 2.45) is 0 Å². The highest BCUT2D eigenvalue weighted by molar-refractivity contribution is 14.1. The fourth-order valence-corrected chi connectivity index (χ4v) is 1.65. The number of halogens is 2. The van der Waals surface area contributed by atoms with Crippen molar-refractivity contribution in [3.05, 3.63) is 27.1 Å². The molecule has 0 heterocycles. The number of nitrogens with one attached hydrogen (secondary N) is 1. The number of rotatable bonds is 2. The predicted molar refractivity (Wildman–Crippen MR) is 58.2 cm³/mol. The van der Waals surface area contributed by atoms with Crippen LogP contribution < -0.4 is 4.72 Å². The second-order valence-electron chi connectivity index (χ2n) is 2.25. The zero-order valence-electron chi connectivity index (χ0n) is 6.62. The third-order valence-electron chi connectivity index (χ3n) is 1.40. The van der Waals surface area contributed by atoms with Crippen LogP contribution in [0, 0.1) is 20.7 Å². The quantitative estimate of drug-likeness (QED) is 0.643. The largest absolute Gasteiger partial charge is 0.289 e. The zero-order valence-corrected chi connectivity index (χ0v) is 9.60. The number of nitriles is 1. The number of hydrogen-bond donors (Lipinski definition) is 2. The zero-order chi connectivity index (χ0) is 10.7. The predicted octanol–water partition coefficient (Wildman–Crippen LogP) is 1.85. The first-order valence-corrected chi connectivity index (χ1v) is 5.50. The van der Waals surface area contributed by atoms with E-state index in [0.29, 0.717) is 0 Å². The van der Waals surface area contributed by atoms with Crippen molar-refractivity contribution in [2.45, 2.75) is 0 Å². The number of benzene rings is 1. The minimum atomic E-state index is -2.31. The van der Waals surface area contributed by atoms with Crippen molar-refractivity contribution in [1.29, 1.82) is 5.26 Å². The lowest BCUT2D eigenvalue weighted by atomic mass is 10.2. The average Bonchev–Trinajstić information content (AvgIpc) is 2.11. The Morgan fingerprint density at radius 2 is 2.29 bits per heavy atom. The molecule has 1 atom stereocenters. The third kappa shape index (κ3) is 2.40. The maximum Gasteiger partial charge on any atom is 0.259 e. The molecule has 14 heavy (non-hydrogen) atoms. The van der Waals surface area contributed by atoms with Crippen molar-refractivity contribution in [2.75, 3.05) is 4.72 Å². The first-order valence-electron chi connectivity index (χ1n) is 3.32. The lowest BCUT2D eigenvalue weighted by molar-refractivity contribution is 0.570. The van der Waals surface area contributed by atoms with E-state index < -0.39 is 17.1 Å². The van der Waals surface area contributed by atoms with Gasteiger partial charge in [-0.05, 0) is 34.7 Å². The van der Waals surface area contributed by atoms with Gasteiger partial charge in [0.1, 0.15) is 11.6 Å². The maximum atomic E-state index is 13.3. The molecule has 4 nitrogen and oxygen atoms in total. The highest BCUT2D eigenvalue weighted by Crippen LogP contribution is 2.22. The molecule has 0 saturated heterocycles. The van der Waals surface area contributed by atoms with E-state index in [1.807, 2.05) is 0 Å². The molecule has 0 radical (unpaired) electrons. The average molecular weight is 326 g/mol. The fraction of sp³-hybridized carbons (Fsp3) is 0. The van der Waals surface area contributed by atoms with Crippen LogP contribution in [-0.4, -0.2) is 8.76 Å². The normalized spacial score (nSPS) is 11.9. The van der Waals surface area contributed by atoms with Gasteiger partial charge in [0.15, 0.2) is 5.82 Å². The summed E-state index contributed by atoms with van der Waals surface area (Å²) in [5, 5.41) is 8.62. The summed E-state index contributed by atoms with van der Waals surface area (Å²) >= 11 is -0.582. The molecule has 0 spiro atoms. The van der Waals surface area contributed by atoms with Crippen LogP contribution in [0.2, 0.25) is 0 Å². The Bertz CT molecular complexity index is 432. The van der Waals surface area contributed by atoms with Gasteiger partial charge in [-0.15, -0.1) is 0 Å². The van der Waals surface area contributed by atoms with Crippen LogP contribution in [0.1, 0.15) is 5.56 Å². The van der Waals surface area contributed by atoms with Gasteiger partial charge in [0, 0.05) is 0 Å². The van der Waals surface area contributed by atoms with Crippen LogP contribution in [0.25, 0.3) is 0 Å². The van der Waals surface area contributed by atoms with Gasteiger partial charge < -0.3 is 0 Å². The Labute approximate surface area is 95.7 Å². The minimum Gasteiger partial charge on any atom is -0.289 e. The summed E-state index contributed by atoms with van der Waals surface area (Å²) < 4.78 is 34.5. The fourth-order valence-electron chi connectivity index (χ4n) is 0.839. The molecule has 0 aliphatic carbocycles. The molecular formula is C7H4FIN2O2S.